The number of aryl methyl sites for hydroxylation is 1. The zero-order valence-electron chi connectivity index (χ0n) is 17.4. The second-order valence-electron chi connectivity index (χ2n) is 8.45. The molecule has 7 nitrogen and oxygen atoms in total. The van der Waals surface area contributed by atoms with E-state index >= 15 is 0 Å². The van der Waals surface area contributed by atoms with Crippen LogP contribution in [0.4, 0.5) is 0 Å². The molecule has 2 aliphatic rings. The maximum atomic E-state index is 12.8. The van der Waals surface area contributed by atoms with E-state index in [4.69, 9.17) is 12.2 Å². The average molecular weight is 428 g/mol. The molecule has 1 fully saturated rings. The van der Waals surface area contributed by atoms with Crippen LogP contribution in [-0.4, -0.2) is 26.6 Å². The average Bonchev–Trinajstić information content (AvgIpc) is 2.99. The molecule has 1 aromatic heterocycles. The zero-order chi connectivity index (χ0) is 21.1. The van der Waals surface area contributed by atoms with Crippen molar-refractivity contribution in [3.05, 3.63) is 39.9 Å². The van der Waals surface area contributed by atoms with Crippen molar-refractivity contribution < 1.29 is 4.79 Å². The van der Waals surface area contributed by atoms with Crippen LogP contribution in [0.15, 0.2) is 23.0 Å². The van der Waals surface area contributed by atoms with Gasteiger partial charge in [-0.2, -0.15) is 0 Å². The number of nitrogens with zero attached hydrogens (tertiary/aromatic N) is 2. The summed E-state index contributed by atoms with van der Waals surface area (Å²) in [6, 6.07) is 5.37. The number of carbonyl (C=O) groups excluding carboxylic acids is 1. The van der Waals surface area contributed by atoms with Gasteiger partial charge in [-0.3, -0.25) is 25.0 Å². The van der Waals surface area contributed by atoms with Crippen molar-refractivity contribution in [2.24, 2.45) is 5.92 Å². The lowest BCUT2D eigenvalue weighted by molar-refractivity contribution is 0.0943. The van der Waals surface area contributed by atoms with Gasteiger partial charge in [-0.25, -0.2) is 4.98 Å². The molecule has 1 aliphatic carbocycles. The minimum absolute atomic E-state index is 0.0195. The second-order valence-corrected chi connectivity index (χ2v) is 8.86. The van der Waals surface area contributed by atoms with Gasteiger partial charge in [0.2, 0.25) is 0 Å². The third-order valence-corrected chi connectivity index (χ3v) is 6.52. The van der Waals surface area contributed by atoms with E-state index in [0.717, 1.165) is 37.9 Å². The molecule has 1 aromatic carbocycles. The van der Waals surface area contributed by atoms with Crippen molar-refractivity contribution >= 4 is 34.1 Å². The van der Waals surface area contributed by atoms with E-state index in [-0.39, 0.29) is 11.5 Å². The van der Waals surface area contributed by atoms with Crippen molar-refractivity contribution in [3.8, 4) is 0 Å². The van der Waals surface area contributed by atoms with Crippen LogP contribution in [0.3, 0.4) is 0 Å². The van der Waals surface area contributed by atoms with Crippen molar-refractivity contribution in [2.75, 3.05) is 0 Å². The van der Waals surface area contributed by atoms with Crippen LogP contribution >= 0.6 is 12.2 Å². The lowest BCUT2D eigenvalue weighted by atomic mass is 9.86. The fourth-order valence-electron chi connectivity index (χ4n) is 4.48. The van der Waals surface area contributed by atoms with Crippen LogP contribution in [0.25, 0.3) is 10.9 Å². The predicted molar refractivity (Wildman–Crippen MR) is 121 cm³/mol. The molecule has 2 atom stereocenters. The first-order valence-corrected chi connectivity index (χ1v) is 11.3. The Labute approximate surface area is 181 Å². The number of hydrogen-bond acceptors (Lipinski definition) is 4. The summed E-state index contributed by atoms with van der Waals surface area (Å²) in [4.78, 5) is 30.1. The molecule has 0 bridgehead atoms. The SMILES string of the molecule is C[C@H]1CCCC[C@H]1NC(=S)NNC(=O)c1ccc2c(=O)n3c(nc2c1)CCCCC3. The largest absolute Gasteiger partial charge is 0.358 e. The minimum atomic E-state index is -0.311. The predicted octanol–water partition coefficient (Wildman–Crippen LogP) is 2.81. The van der Waals surface area contributed by atoms with Crippen LogP contribution in [0.1, 0.15) is 68.1 Å². The Balaban J connectivity index is 1.44. The highest BCUT2D eigenvalue weighted by Crippen LogP contribution is 2.23. The molecule has 2 aromatic rings. The molecule has 160 valence electrons. The Hall–Kier alpha value is -2.48. The molecule has 4 rings (SSSR count). The molecular weight excluding hydrogens is 398 g/mol. The Morgan fingerprint density at radius 1 is 1.13 bits per heavy atom. The summed E-state index contributed by atoms with van der Waals surface area (Å²) in [6.45, 7) is 2.94. The summed E-state index contributed by atoms with van der Waals surface area (Å²) < 4.78 is 1.78. The molecule has 0 spiro atoms. The molecule has 2 heterocycles. The smallest absolute Gasteiger partial charge is 0.269 e. The number of carbonyl (C=O) groups is 1. The van der Waals surface area contributed by atoms with Crippen molar-refractivity contribution in [1.82, 2.24) is 25.7 Å². The summed E-state index contributed by atoms with van der Waals surface area (Å²) in [5, 5.41) is 4.27. The summed E-state index contributed by atoms with van der Waals surface area (Å²) in [6.07, 6.45) is 8.68. The molecule has 30 heavy (non-hydrogen) atoms. The Kier molecular flexibility index (Phi) is 6.32. The Morgan fingerprint density at radius 2 is 1.97 bits per heavy atom. The first-order valence-electron chi connectivity index (χ1n) is 10.9. The standard InChI is InChI=1S/C22H29N5O2S/c1-14-7-4-5-8-17(14)24-22(30)26-25-20(28)15-10-11-16-18(13-15)23-19-9-3-2-6-12-27(19)21(16)29/h10-11,13-14,17H,2-9,12H2,1H3,(H,25,28)(H2,24,26,30)/t14-,17+/m0/s1. The van der Waals surface area contributed by atoms with Crippen molar-refractivity contribution in [2.45, 2.75) is 70.9 Å². The first kappa shape index (κ1) is 20.8. The second kappa shape index (κ2) is 9.12. The number of rotatable bonds is 2. The topological polar surface area (TPSA) is 88.0 Å². The third-order valence-electron chi connectivity index (χ3n) is 6.30. The maximum Gasteiger partial charge on any atom is 0.269 e. The molecule has 3 N–H and O–H groups in total. The van der Waals surface area contributed by atoms with Crippen LogP contribution in [-0.2, 0) is 13.0 Å². The van der Waals surface area contributed by atoms with E-state index in [1.54, 1.807) is 22.8 Å². The van der Waals surface area contributed by atoms with E-state index in [1.165, 1.54) is 19.3 Å². The molecular formula is C22H29N5O2S. The van der Waals surface area contributed by atoms with Crippen LogP contribution in [0.5, 0.6) is 0 Å². The van der Waals surface area contributed by atoms with Crippen LogP contribution in [0, 0.1) is 5.92 Å². The normalized spacial score (nSPS) is 21.4. The highest BCUT2D eigenvalue weighted by molar-refractivity contribution is 7.80. The van der Waals surface area contributed by atoms with Crippen LogP contribution < -0.4 is 21.7 Å². The monoisotopic (exact) mass is 427 g/mol. The number of hydrazine groups is 1. The number of fused-ring (bicyclic) bond motifs is 2. The minimum Gasteiger partial charge on any atom is -0.358 e. The van der Waals surface area contributed by atoms with E-state index in [0.29, 0.717) is 40.1 Å². The number of nitrogens with one attached hydrogen (secondary N) is 3. The number of thiocarbonyl (C=S) groups is 1. The Bertz CT molecular complexity index is 1020. The summed E-state index contributed by atoms with van der Waals surface area (Å²) in [5.74, 6) is 1.07. The van der Waals surface area contributed by atoms with Crippen molar-refractivity contribution in [1.29, 1.82) is 0 Å². The van der Waals surface area contributed by atoms with E-state index < -0.39 is 0 Å². The molecule has 0 unspecified atom stereocenters. The lowest BCUT2D eigenvalue weighted by Gasteiger charge is -2.30. The fourth-order valence-corrected chi connectivity index (χ4v) is 4.68. The summed E-state index contributed by atoms with van der Waals surface area (Å²) >= 11 is 5.34. The fraction of sp³-hybridized carbons (Fsp3) is 0.545. The quantitative estimate of drug-likeness (QED) is 0.505. The lowest BCUT2D eigenvalue weighted by Crippen LogP contribution is -2.51. The summed E-state index contributed by atoms with van der Waals surface area (Å²) in [5.41, 5.74) is 6.44. The van der Waals surface area contributed by atoms with E-state index in [9.17, 15) is 9.59 Å². The molecule has 1 amide bonds. The molecule has 1 saturated carbocycles. The van der Waals surface area contributed by atoms with Gasteiger partial charge in [-0.1, -0.05) is 26.2 Å². The van der Waals surface area contributed by atoms with Gasteiger partial charge in [0.25, 0.3) is 11.5 Å². The number of aromatic nitrogens is 2. The van der Waals surface area contributed by atoms with Gasteiger partial charge in [0.05, 0.1) is 10.9 Å². The third kappa shape index (κ3) is 4.48. The van der Waals surface area contributed by atoms with Gasteiger partial charge in [0, 0.05) is 24.6 Å². The molecule has 1 aliphatic heterocycles. The summed E-state index contributed by atoms with van der Waals surface area (Å²) in [7, 11) is 0. The van der Waals surface area contributed by atoms with E-state index in [2.05, 4.69) is 28.1 Å². The van der Waals surface area contributed by atoms with Crippen LogP contribution in [0.2, 0.25) is 0 Å². The van der Waals surface area contributed by atoms with E-state index in [1.807, 2.05) is 0 Å². The van der Waals surface area contributed by atoms with Gasteiger partial charge in [-0.15, -0.1) is 0 Å². The van der Waals surface area contributed by atoms with Gasteiger partial charge in [-0.05, 0) is 62.0 Å². The molecule has 0 saturated heterocycles. The molecule has 0 radical (unpaired) electrons. The number of benzene rings is 1. The van der Waals surface area contributed by atoms with Gasteiger partial charge >= 0.3 is 0 Å². The van der Waals surface area contributed by atoms with Gasteiger partial charge in [0.1, 0.15) is 5.82 Å². The highest BCUT2D eigenvalue weighted by atomic mass is 32.1. The maximum absolute atomic E-state index is 12.8. The van der Waals surface area contributed by atoms with Crippen molar-refractivity contribution in [3.63, 3.8) is 0 Å². The van der Waals surface area contributed by atoms with Gasteiger partial charge in [0.15, 0.2) is 5.11 Å². The van der Waals surface area contributed by atoms with Gasteiger partial charge < -0.3 is 5.32 Å². The number of hydrogen-bond donors (Lipinski definition) is 3. The molecule has 8 heteroatoms. The highest BCUT2D eigenvalue weighted by Gasteiger charge is 2.22. The number of amides is 1. The zero-order valence-corrected chi connectivity index (χ0v) is 18.2. The first-order chi connectivity index (χ1) is 14.5. The Morgan fingerprint density at radius 3 is 2.80 bits per heavy atom.